The Morgan fingerprint density at radius 3 is 2.43 bits per heavy atom. The van der Waals surface area contributed by atoms with Crippen LogP contribution in [0.15, 0.2) is 6.07 Å². The van der Waals surface area contributed by atoms with E-state index in [9.17, 15) is 10.1 Å². The molecular weight excluding hydrogens is 346 g/mol. The summed E-state index contributed by atoms with van der Waals surface area (Å²) in [5, 5.41) is 12.7. The predicted molar refractivity (Wildman–Crippen MR) is 111 cm³/mol. The van der Waals surface area contributed by atoms with Crippen molar-refractivity contribution in [2.24, 2.45) is 0 Å². The Balaban J connectivity index is 1.45. The Morgan fingerprint density at radius 2 is 1.79 bits per heavy atom. The van der Waals surface area contributed by atoms with E-state index in [1.54, 1.807) is 32.7 Å². The average Bonchev–Trinajstić information content (AvgIpc) is 3.21. The van der Waals surface area contributed by atoms with Gasteiger partial charge in [0.05, 0.1) is 12.6 Å². The second-order valence-electron chi connectivity index (χ2n) is 8.91. The molecule has 1 N–H and O–H groups in total. The van der Waals surface area contributed by atoms with Gasteiger partial charge in [-0.1, -0.05) is 6.07 Å². The van der Waals surface area contributed by atoms with Crippen molar-refractivity contribution in [2.45, 2.75) is 89.6 Å². The minimum absolute atomic E-state index is 0.0769. The number of nitrogens with one attached hydrogen (secondary N) is 1. The van der Waals surface area contributed by atoms with Gasteiger partial charge in [0.25, 0.3) is 0 Å². The van der Waals surface area contributed by atoms with Crippen LogP contribution in [0.25, 0.3) is 0 Å². The maximum atomic E-state index is 12.5. The highest BCUT2D eigenvalue weighted by Gasteiger charge is 2.28. The van der Waals surface area contributed by atoms with Crippen LogP contribution >= 0.6 is 0 Å². The van der Waals surface area contributed by atoms with E-state index >= 15 is 0 Å². The minimum atomic E-state index is -0.224. The molecule has 1 saturated heterocycles. The van der Waals surface area contributed by atoms with Gasteiger partial charge in [-0.25, -0.2) is 0 Å². The molecular formula is C24H33N3O. The third kappa shape index (κ3) is 3.96. The molecule has 1 fully saturated rings. The molecule has 1 aromatic rings. The van der Waals surface area contributed by atoms with Crippen molar-refractivity contribution >= 4 is 5.91 Å². The second-order valence-corrected chi connectivity index (χ2v) is 8.91. The molecule has 4 rings (SSSR count). The smallest absolute Gasteiger partial charge is 0.237 e. The van der Waals surface area contributed by atoms with E-state index in [4.69, 9.17) is 0 Å². The highest BCUT2D eigenvalue weighted by atomic mass is 16.2. The fourth-order valence-corrected chi connectivity index (χ4v) is 5.45. The maximum Gasteiger partial charge on any atom is 0.237 e. The number of fused-ring (bicyclic) bond motifs is 2. The Bertz CT molecular complexity index is 745. The number of likely N-dealkylation sites (tertiary alicyclic amines) is 1. The summed E-state index contributed by atoms with van der Waals surface area (Å²) in [7, 11) is 0. The van der Waals surface area contributed by atoms with Crippen LogP contribution in [-0.2, 0) is 36.9 Å². The Morgan fingerprint density at radius 1 is 1.14 bits per heavy atom. The number of hydrogen-bond acceptors (Lipinski definition) is 3. The van der Waals surface area contributed by atoms with Gasteiger partial charge in [0.15, 0.2) is 0 Å². The highest BCUT2D eigenvalue weighted by Crippen LogP contribution is 2.34. The molecule has 1 unspecified atom stereocenters. The van der Waals surface area contributed by atoms with Gasteiger partial charge < -0.3 is 10.2 Å². The molecule has 0 radical (unpaired) electrons. The molecule has 1 aromatic carbocycles. The molecule has 4 nitrogen and oxygen atoms in total. The molecule has 1 heterocycles. The van der Waals surface area contributed by atoms with Crippen molar-refractivity contribution in [1.82, 2.24) is 10.2 Å². The first-order valence-corrected chi connectivity index (χ1v) is 11.2. The van der Waals surface area contributed by atoms with Crippen molar-refractivity contribution in [2.75, 3.05) is 13.1 Å². The fourth-order valence-electron chi connectivity index (χ4n) is 5.45. The van der Waals surface area contributed by atoms with Crippen LogP contribution in [0, 0.1) is 11.3 Å². The molecule has 2 atom stereocenters. The van der Waals surface area contributed by atoms with Crippen LogP contribution < -0.4 is 5.32 Å². The highest BCUT2D eigenvalue weighted by molar-refractivity contribution is 5.79. The van der Waals surface area contributed by atoms with Gasteiger partial charge in [0, 0.05) is 12.6 Å². The van der Waals surface area contributed by atoms with E-state index in [1.807, 2.05) is 0 Å². The first-order valence-electron chi connectivity index (χ1n) is 11.2. The number of nitriles is 1. The lowest BCUT2D eigenvalue weighted by Crippen LogP contribution is -2.43. The quantitative estimate of drug-likeness (QED) is 0.852. The van der Waals surface area contributed by atoms with Crippen LogP contribution in [0.3, 0.4) is 0 Å². The lowest BCUT2D eigenvalue weighted by atomic mass is 9.78. The summed E-state index contributed by atoms with van der Waals surface area (Å²) in [6, 6.07) is 4.83. The van der Waals surface area contributed by atoms with E-state index in [1.165, 1.54) is 51.4 Å². The van der Waals surface area contributed by atoms with Crippen molar-refractivity contribution in [3.63, 3.8) is 0 Å². The third-order valence-corrected chi connectivity index (χ3v) is 6.93. The number of hydrogen-bond donors (Lipinski definition) is 1. The molecule has 1 aliphatic heterocycles. The number of rotatable bonds is 5. The predicted octanol–water partition coefficient (Wildman–Crippen LogP) is 3.48. The molecule has 4 heteroatoms. The maximum absolute atomic E-state index is 12.5. The van der Waals surface area contributed by atoms with Crippen molar-refractivity contribution in [1.29, 1.82) is 5.26 Å². The number of nitrogens with zero attached hydrogens (tertiary/aromatic N) is 2. The zero-order valence-corrected chi connectivity index (χ0v) is 17.2. The number of carbonyl (C=O) groups is 1. The van der Waals surface area contributed by atoms with Crippen LogP contribution in [0.5, 0.6) is 0 Å². The molecule has 150 valence electrons. The summed E-state index contributed by atoms with van der Waals surface area (Å²) >= 11 is 0. The van der Waals surface area contributed by atoms with E-state index in [2.05, 4.69) is 24.4 Å². The number of aryl methyl sites for hydroxylation is 2. The minimum Gasteiger partial charge on any atom is -0.326 e. The van der Waals surface area contributed by atoms with E-state index < -0.39 is 0 Å². The van der Waals surface area contributed by atoms with Gasteiger partial charge in [-0.2, -0.15) is 5.26 Å². The summed E-state index contributed by atoms with van der Waals surface area (Å²) in [6.07, 6.45) is 13.0. The van der Waals surface area contributed by atoms with Crippen LogP contribution in [0.2, 0.25) is 0 Å². The number of benzene rings is 1. The van der Waals surface area contributed by atoms with E-state index in [0.29, 0.717) is 6.54 Å². The van der Waals surface area contributed by atoms with Crippen LogP contribution in [0.4, 0.5) is 0 Å². The van der Waals surface area contributed by atoms with Gasteiger partial charge in [0.1, 0.15) is 6.04 Å². The molecule has 0 saturated carbocycles. The standard InChI is InChI=1S/C24H33N3O/c1-17(26-16-24(28)27-12-6-9-20(27)15-25)13-23-21-10-4-2-7-18(21)14-19-8-3-5-11-22(19)23/h14,17,20,26H,2-13,16H2,1H3/t17?,20-/m0/s1. The molecule has 2 aliphatic carbocycles. The summed E-state index contributed by atoms with van der Waals surface area (Å²) in [4.78, 5) is 14.3. The van der Waals surface area contributed by atoms with E-state index in [0.717, 1.165) is 25.8 Å². The monoisotopic (exact) mass is 379 g/mol. The third-order valence-electron chi connectivity index (χ3n) is 6.93. The summed E-state index contributed by atoms with van der Waals surface area (Å²) in [5.74, 6) is 0.0769. The van der Waals surface area contributed by atoms with Crippen molar-refractivity contribution in [3.8, 4) is 6.07 Å². The van der Waals surface area contributed by atoms with Crippen LogP contribution in [0.1, 0.15) is 73.3 Å². The summed E-state index contributed by atoms with van der Waals surface area (Å²) in [5.41, 5.74) is 8.03. The van der Waals surface area contributed by atoms with Gasteiger partial charge >= 0.3 is 0 Å². The molecule has 0 spiro atoms. The normalized spacial score (nSPS) is 22.3. The fraction of sp³-hybridized carbons (Fsp3) is 0.667. The van der Waals surface area contributed by atoms with Gasteiger partial charge in [-0.3, -0.25) is 4.79 Å². The summed E-state index contributed by atoms with van der Waals surface area (Å²) < 4.78 is 0. The Labute approximate surface area is 169 Å². The van der Waals surface area contributed by atoms with Gasteiger partial charge in [-0.05, 0) is 105 Å². The molecule has 3 aliphatic rings. The first kappa shape index (κ1) is 19.5. The lowest BCUT2D eigenvalue weighted by molar-refractivity contribution is -0.130. The topological polar surface area (TPSA) is 56.1 Å². The Hall–Kier alpha value is -1.86. The van der Waals surface area contributed by atoms with Crippen molar-refractivity contribution in [3.05, 3.63) is 33.9 Å². The van der Waals surface area contributed by atoms with Crippen molar-refractivity contribution < 1.29 is 4.79 Å². The largest absolute Gasteiger partial charge is 0.326 e. The number of amides is 1. The van der Waals surface area contributed by atoms with Crippen LogP contribution in [-0.4, -0.2) is 36.0 Å². The van der Waals surface area contributed by atoms with E-state index in [-0.39, 0.29) is 18.0 Å². The molecule has 1 amide bonds. The second kappa shape index (κ2) is 8.66. The average molecular weight is 380 g/mol. The zero-order valence-electron chi connectivity index (χ0n) is 17.2. The Kier molecular flexibility index (Phi) is 6.01. The summed E-state index contributed by atoms with van der Waals surface area (Å²) in [6.45, 7) is 3.28. The molecule has 28 heavy (non-hydrogen) atoms. The van der Waals surface area contributed by atoms with Gasteiger partial charge in [0.2, 0.25) is 5.91 Å². The first-order chi connectivity index (χ1) is 13.7. The molecule has 0 aromatic heterocycles. The molecule has 0 bridgehead atoms. The van der Waals surface area contributed by atoms with Gasteiger partial charge in [-0.15, -0.1) is 0 Å². The lowest BCUT2D eigenvalue weighted by Gasteiger charge is -2.29. The number of carbonyl (C=O) groups excluding carboxylic acids is 1. The SMILES string of the molecule is CC(Cc1c2c(cc3c1CCCC3)CCCC2)NCC(=O)N1CCC[C@H]1C#N. The zero-order chi connectivity index (χ0) is 19.5.